The van der Waals surface area contributed by atoms with Gasteiger partial charge in [-0.25, -0.2) is 0 Å². The summed E-state index contributed by atoms with van der Waals surface area (Å²) >= 11 is 0. The van der Waals surface area contributed by atoms with E-state index in [1.54, 1.807) is 12.3 Å². The second kappa shape index (κ2) is 4.55. The number of hydrogen-bond donors (Lipinski definition) is 2. The Bertz CT molecular complexity index is 523. The summed E-state index contributed by atoms with van der Waals surface area (Å²) in [7, 11) is 0. The zero-order chi connectivity index (χ0) is 13.2. The van der Waals surface area contributed by atoms with Crippen LogP contribution in [0.1, 0.15) is 26.6 Å². The highest BCUT2D eigenvalue weighted by Gasteiger charge is 2.20. The van der Waals surface area contributed by atoms with Crippen molar-refractivity contribution in [2.24, 2.45) is 0 Å². The van der Waals surface area contributed by atoms with Crippen LogP contribution in [0, 0.1) is 0 Å². The molecule has 0 aromatic carbocycles. The lowest BCUT2D eigenvalue weighted by Gasteiger charge is -2.11. The van der Waals surface area contributed by atoms with Gasteiger partial charge in [-0.15, -0.1) is 10.2 Å². The molecule has 0 bridgehead atoms. The Labute approximate surface area is 104 Å². The molecule has 18 heavy (non-hydrogen) atoms. The molecule has 0 saturated carbocycles. The van der Waals surface area contributed by atoms with Gasteiger partial charge in [0.15, 0.2) is 5.82 Å². The van der Waals surface area contributed by atoms with Gasteiger partial charge >= 0.3 is 0 Å². The van der Waals surface area contributed by atoms with Crippen LogP contribution in [0.4, 0.5) is 5.82 Å². The van der Waals surface area contributed by atoms with E-state index in [0.29, 0.717) is 11.6 Å². The molecule has 1 amide bonds. The molecule has 2 N–H and O–H groups in total. The molecule has 8 nitrogen and oxygen atoms in total. The molecule has 0 atom stereocenters. The number of tetrazole rings is 1. The van der Waals surface area contributed by atoms with Crippen LogP contribution in [0.5, 0.6) is 0 Å². The molecule has 0 unspecified atom stereocenters. The van der Waals surface area contributed by atoms with Gasteiger partial charge in [-0.3, -0.25) is 9.89 Å². The zero-order valence-corrected chi connectivity index (χ0v) is 10.5. The number of rotatable bonds is 3. The normalized spacial score (nSPS) is 11.5. The number of aromatic nitrogens is 6. The van der Waals surface area contributed by atoms with Crippen LogP contribution in [0.3, 0.4) is 0 Å². The summed E-state index contributed by atoms with van der Waals surface area (Å²) in [5.74, 6) is 0.908. The minimum absolute atomic E-state index is 0.0160. The third kappa shape index (κ3) is 2.90. The van der Waals surface area contributed by atoms with Gasteiger partial charge in [0.2, 0.25) is 5.91 Å². The molecule has 8 heteroatoms. The molecule has 0 aliphatic heterocycles. The van der Waals surface area contributed by atoms with Crippen LogP contribution >= 0.6 is 0 Å². The number of carbonyl (C=O) groups is 1. The van der Waals surface area contributed by atoms with Crippen molar-refractivity contribution in [3.05, 3.63) is 18.1 Å². The van der Waals surface area contributed by atoms with Gasteiger partial charge in [-0.1, -0.05) is 20.8 Å². The van der Waals surface area contributed by atoms with Crippen molar-refractivity contribution in [1.82, 2.24) is 30.4 Å². The van der Waals surface area contributed by atoms with E-state index in [4.69, 9.17) is 0 Å². The van der Waals surface area contributed by atoms with Crippen LogP contribution in [-0.4, -0.2) is 36.3 Å². The van der Waals surface area contributed by atoms with E-state index in [9.17, 15) is 4.79 Å². The quantitative estimate of drug-likeness (QED) is 0.816. The topological polar surface area (TPSA) is 101 Å². The second-order valence-corrected chi connectivity index (χ2v) is 4.91. The van der Waals surface area contributed by atoms with Gasteiger partial charge in [0.1, 0.15) is 12.4 Å². The van der Waals surface area contributed by atoms with Crippen molar-refractivity contribution in [3.8, 4) is 0 Å². The molecule has 2 aromatic rings. The maximum atomic E-state index is 11.7. The fourth-order valence-corrected chi connectivity index (χ4v) is 1.25. The zero-order valence-electron chi connectivity index (χ0n) is 10.5. The molecule has 2 heterocycles. The Kier molecular flexibility index (Phi) is 3.09. The van der Waals surface area contributed by atoms with Crippen molar-refractivity contribution in [2.75, 3.05) is 5.32 Å². The van der Waals surface area contributed by atoms with Crippen LogP contribution in [-0.2, 0) is 16.8 Å². The van der Waals surface area contributed by atoms with Crippen LogP contribution < -0.4 is 5.32 Å². The maximum Gasteiger partial charge on any atom is 0.249 e. The molecule has 0 fully saturated rings. The van der Waals surface area contributed by atoms with Gasteiger partial charge < -0.3 is 5.32 Å². The number of nitrogens with one attached hydrogen (secondary N) is 2. The molecule has 0 aliphatic carbocycles. The largest absolute Gasteiger partial charge is 0.309 e. The average molecular weight is 249 g/mol. The first-order chi connectivity index (χ1) is 8.45. The fraction of sp³-hybridized carbons (Fsp3) is 0.500. The van der Waals surface area contributed by atoms with Crippen molar-refractivity contribution >= 4 is 11.7 Å². The molecule has 2 rings (SSSR count). The summed E-state index contributed by atoms with van der Waals surface area (Å²) in [6.07, 6.45) is 1.56. The average Bonchev–Trinajstić information content (AvgIpc) is 2.87. The minimum Gasteiger partial charge on any atom is -0.309 e. The Morgan fingerprint density at radius 1 is 1.50 bits per heavy atom. The van der Waals surface area contributed by atoms with Crippen molar-refractivity contribution in [1.29, 1.82) is 0 Å². The summed E-state index contributed by atoms with van der Waals surface area (Å²) in [6, 6.07) is 1.66. The molecule has 0 spiro atoms. The second-order valence-electron chi connectivity index (χ2n) is 4.91. The highest BCUT2D eigenvalue weighted by molar-refractivity contribution is 5.89. The maximum absolute atomic E-state index is 11.7. The van der Waals surface area contributed by atoms with Crippen molar-refractivity contribution < 1.29 is 4.79 Å². The van der Waals surface area contributed by atoms with Gasteiger partial charge in [0.25, 0.3) is 0 Å². The Hall–Kier alpha value is -2.25. The molecular formula is C10H15N7O. The molecular weight excluding hydrogens is 234 g/mol. The predicted molar refractivity (Wildman–Crippen MR) is 63.7 cm³/mol. The lowest BCUT2D eigenvalue weighted by atomic mass is 9.96. The van der Waals surface area contributed by atoms with E-state index in [0.717, 1.165) is 0 Å². The van der Waals surface area contributed by atoms with Crippen molar-refractivity contribution in [2.45, 2.75) is 32.7 Å². The fourth-order valence-electron chi connectivity index (χ4n) is 1.25. The number of nitrogens with zero attached hydrogens (tertiary/aromatic N) is 5. The molecule has 0 saturated heterocycles. The van der Waals surface area contributed by atoms with Gasteiger partial charge in [-0.2, -0.15) is 9.90 Å². The Morgan fingerprint density at radius 3 is 2.83 bits per heavy atom. The molecule has 96 valence electrons. The van der Waals surface area contributed by atoms with Crippen molar-refractivity contribution in [3.63, 3.8) is 0 Å². The monoisotopic (exact) mass is 249 g/mol. The summed E-state index contributed by atoms with van der Waals surface area (Å²) in [5.41, 5.74) is -0.182. The smallest absolute Gasteiger partial charge is 0.249 e. The number of amides is 1. The lowest BCUT2D eigenvalue weighted by Crippen LogP contribution is -2.21. The SMILES string of the molecule is CC(C)(C)c1nnn(CC(=O)Nc2ccn[nH]2)n1. The summed E-state index contributed by atoms with van der Waals surface area (Å²) < 4.78 is 0. The number of anilines is 1. The number of H-pyrrole nitrogens is 1. The highest BCUT2D eigenvalue weighted by atomic mass is 16.2. The van der Waals surface area contributed by atoms with Gasteiger partial charge in [-0.05, 0) is 5.21 Å². The Morgan fingerprint density at radius 2 is 2.28 bits per heavy atom. The first kappa shape index (κ1) is 12.2. The lowest BCUT2D eigenvalue weighted by molar-refractivity contribution is -0.117. The first-order valence-electron chi connectivity index (χ1n) is 5.52. The highest BCUT2D eigenvalue weighted by Crippen LogP contribution is 2.16. The van der Waals surface area contributed by atoms with E-state index in [1.807, 2.05) is 20.8 Å². The van der Waals surface area contributed by atoms with E-state index in [1.165, 1.54) is 4.80 Å². The summed E-state index contributed by atoms with van der Waals surface area (Å²) in [4.78, 5) is 12.9. The van der Waals surface area contributed by atoms with Crippen LogP contribution in [0.2, 0.25) is 0 Å². The Balaban J connectivity index is 1.97. The van der Waals surface area contributed by atoms with E-state index < -0.39 is 0 Å². The third-order valence-electron chi connectivity index (χ3n) is 2.18. The number of carbonyl (C=O) groups excluding carboxylic acids is 1. The van der Waals surface area contributed by atoms with E-state index in [2.05, 4.69) is 30.9 Å². The van der Waals surface area contributed by atoms with Crippen LogP contribution in [0.25, 0.3) is 0 Å². The molecule has 0 radical (unpaired) electrons. The predicted octanol–water partition coefficient (Wildman–Crippen LogP) is 0.332. The van der Waals surface area contributed by atoms with Crippen LogP contribution in [0.15, 0.2) is 12.3 Å². The van der Waals surface area contributed by atoms with E-state index >= 15 is 0 Å². The number of hydrogen-bond acceptors (Lipinski definition) is 5. The number of aromatic amines is 1. The molecule has 2 aromatic heterocycles. The third-order valence-corrected chi connectivity index (χ3v) is 2.18. The van der Waals surface area contributed by atoms with Gasteiger partial charge in [0, 0.05) is 11.5 Å². The van der Waals surface area contributed by atoms with Gasteiger partial charge in [0.05, 0.1) is 6.20 Å². The first-order valence-corrected chi connectivity index (χ1v) is 5.52. The molecule has 0 aliphatic rings. The summed E-state index contributed by atoms with van der Waals surface area (Å²) in [6.45, 7) is 5.97. The standard InChI is InChI=1S/C10H15N7O/c1-10(2,3)9-14-16-17(15-9)6-8(18)12-7-4-5-11-13-7/h4-5H,6H2,1-3H3,(H2,11,12,13,18). The van der Waals surface area contributed by atoms with E-state index in [-0.39, 0.29) is 17.9 Å². The summed E-state index contributed by atoms with van der Waals surface area (Å²) in [5, 5.41) is 20.9. The minimum atomic E-state index is -0.239.